The van der Waals surface area contributed by atoms with E-state index in [0.717, 1.165) is 11.1 Å². The summed E-state index contributed by atoms with van der Waals surface area (Å²) < 4.78 is 0. The maximum Gasteiger partial charge on any atom is 0.337 e. The Morgan fingerprint density at radius 3 is 2.32 bits per heavy atom. The van der Waals surface area contributed by atoms with Crippen LogP contribution in [0.3, 0.4) is 0 Å². The Labute approximate surface area is 113 Å². The number of carboxylic acid groups (broad SMARTS) is 1. The van der Waals surface area contributed by atoms with Crippen LogP contribution in [0, 0.1) is 19.3 Å². The molecule has 0 aliphatic carbocycles. The van der Waals surface area contributed by atoms with Crippen LogP contribution in [0.2, 0.25) is 0 Å². The summed E-state index contributed by atoms with van der Waals surface area (Å²) in [5.74, 6) is -1.19. The number of carboxylic acids is 1. The molecule has 0 radical (unpaired) electrons. The highest BCUT2D eigenvalue weighted by molar-refractivity contribution is 6.03. The quantitative estimate of drug-likeness (QED) is 0.875. The van der Waals surface area contributed by atoms with Gasteiger partial charge in [0.2, 0.25) is 5.91 Å². The van der Waals surface area contributed by atoms with Crippen molar-refractivity contribution in [1.29, 1.82) is 0 Å². The van der Waals surface area contributed by atoms with Crippen LogP contribution in [0.25, 0.3) is 0 Å². The fourth-order valence-corrected chi connectivity index (χ4v) is 1.75. The molecule has 19 heavy (non-hydrogen) atoms. The minimum absolute atomic E-state index is 0.137. The monoisotopic (exact) mass is 263 g/mol. The third-order valence-electron chi connectivity index (χ3n) is 3.45. The van der Waals surface area contributed by atoms with Crippen molar-refractivity contribution >= 4 is 17.6 Å². The summed E-state index contributed by atoms with van der Waals surface area (Å²) in [5, 5.41) is 12.0. The van der Waals surface area contributed by atoms with Crippen LogP contribution < -0.4 is 5.32 Å². The van der Waals surface area contributed by atoms with Crippen LogP contribution in [0.15, 0.2) is 12.1 Å². The number of carbonyl (C=O) groups is 2. The van der Waals surface area contributed by atoms with E-state index in [1.54, 1.807) is 13.0 Å². The van der Waals surface area contributed by atoms with Gasteiger partial charge in [0.15, 0.2) is 0 Å². The van der Waals surface area contributed by atoms with E-state index in [1.165, 1.54) is 0 Å². The molecule has 2 N–H and O–H groups in total. The Hall–Kier alpha value is -1.84. The third kappa shape index (κ3) is 3.34. The molecule has 1 aromatic carbocycles. The Morgan fingerprint density at radius 2 is 1.84 bits per heavy atom. The fourth-order valence-electron chi connectivity index (χ4n) is 1.75. The molecule has 0 aromatic heterocycles. The van der Waals surface area contributed by atoms with Gasteiger partial charge in [-0.1, -0.05) is 26.8 Å². The Morgan fingerprint density at radius 1 is 1.26 bits per heavy atom. The summed E-state index contributed by atoms with van der Waals surface area (Å²) in [6, 6.07) is 3.44. The summed E-state index contributed by atoms with van der Waals surface area (Å²) >= 11 is 0. The van der Waals surface area contributed by atoms with Gasteiger partial charge in [-0.2, -0.15) is 0 Å². The molecule has 0 heterocycles. The van der Waals surface area contributed by atoms with Crippen LogP contribution in [0.1, 0.15) is 48.7 Å². The molecule has 4 nitrogen and oxygen atoms in total. The number of amides is 1. The molecule has 0 spiro atoms. The lowest BCUT2D eigenvalue weighted by molar-refractivity contribution is -0.124. The molecule has 0 saturated heterocycles. The molecule has 104 valence electrons. The molecule has 0 aliphatic rings. The second-order valence-corrected chi connectivity index (χ2v) is 5.50. The zero-order chi connectivity index (χ0) is 14.8. The summed E-state index contributed by atoms with van der Waals surface area (Å²) in [6.45, 7) is 9.24. The predicted molar refractivity (Wildman–Crippen MR) is 75.6 cm³/mol. The molecule has 1 amide bonds. The number of aromatic carboxylic acids is 1. The zero-order valence-corrected chi connectivity index (χ0v) is 12.1. The minimum atomic E-state index is -1.03. The summed E-state index contributed by atoms with van der Waals surface area (Å²) in [6.07, 6.45) is 0.687. The molecule has 0 bridgehead atoms. The van der Waals surface area contributed by atoms with Crippen molar-refractivity contribution in [2.24, 2.45) is 5.41 Å². The Balaban J connectivity index is 3.21. The van der Waals surface area contributed by atoms with Gasteiger partial charge in [-0.3, -0.25) is 4.79 Å². The van der Waals surface area contributed by atoms with Crippen molar-refractivity contribution in [3.63, 3.8) is 0 Å². The van der Waals surface area contributed by atoms with Gasteiger partial charge in [-0.05, 0) is 37.5 Å². The van der Waals surface area contributed by atoms with Crippen molar-refractivity contribution in [2.45, 2.75) is 41.0 Å². The first kappa shape index (κ1) is 15.2. The first-order valence-corrected chi connectivity index (χ1v) is 6.35. The highest BCUT2D eigenvalue weighted by Crippen LogP contribution is 2.27. The molecule has 1 aromatic rings. The van der Waals surface area contributed by atoms with Gasteiger partial charge in [0, 0.05) is 5.41 Å². The van der Waals surface area contributed by atoms with E-state index in [2.05, 4.69) is 5.32 Å². The van der Waals surface area contributed by atoms with E-state index in [0.29, 0.717) is 12.1 Å². The highest BCUT2D eigenvalue weighted by Gasteiger charge is 2.27. The first-order valence-electron chi connectivity index (χ1n) is 6.35. The standard InChI is InChI=1S/C15H21NO3/c1-6-15(4,5)14(19)16-12-10(3)7-9(2)8-11(12)13(17)18/h7-8H,6H2,1-5H3,(H,16,19)(H,17,18). The molecule has 0 unspecified atom stereocenters. The fraction of sp³-hybridized carbons (Fsp3) is 0.467. The molecular weight excluding hydrogens is 242 g/mol. The number of benzene rings is 1. The second kappa shape index (κ2) is 5.43. The first-order chi connectivity index (χ1) is 8.69. The van der Waals surface area contributed by atoms with Gasteiger partial charge in [-0.15, -0.1) is 0 Å². The van der Waals surface area contributed by atoms with Crippen LogP contribution in [0.5, 0.6) is 0 Å². The van der Waals surface area contributed by atoms with Gasteiger partial charge in [-0.25, -0.2) is 4.79 Å². The number of anilines is 1. The summed E-state index contributed by atoms with van der Waals surface area (Å²) in [5.41, 5.74) is 1.63. The number of aryl methyl sites for hydroxylation is 2. The number of rotatable bonds is 4. The lowest BCUT2D eigenvalue weighted by Crippen LogP contribution is -2.31. The number of carbonyl (C=O) groups excluding carboxylic acids is 1. The molecular formula is C15H21NO3. The Bertz CT molecular complexity index is 518. The summed E-state index contributed by atoms with van der Waals surface area (Å²) in [4.78, 5) is 23.4. The summed E-state index contributed by atoms with van der Waals surface area (Å²) in [7, 11) is 0. The van der Waals surface area contributed by atoms with Gasteiger partial charge in [0.25, 0.3) is 0 Å². The van der Waals surface area contributed by atoms with Crippen LogP contribution >= 0.6 is 0 Å². The minimum Gasteiger partial charge on any atom is -0.478 e. The highest BCUT2D eigenvalue weighted by atomic mass is 16.4. The topological polar surface area (TPSA) is 66.4 Å². The number of hydrogen-bond acceptors (Lipinski definition) is 2. The van der Waals surface area contributed by atoms with Crippen molar-refractivity contribution in [3.05, 3.63) is 28.8 Å². The number of hydrogen-bond donors (Lipinski definition) is 2. The predicted octanol–water partition coefficient (Wildman–Crippen LogP) is 3.38. The maximum absolute atomic E-state index is 12.2. The van der Waals surface area contributed by atoms with E-state index in [-0.39, 0.29) is 11.5 Å². The second-order valence-electron chi connectivity index (χ2n) is 5.50. The molecule has 0 aliphatic heterocycles. The normalized spacial score (nSPS) is 11.2. The molecule has 1 rings (SSSR count). The zero-order valence-electron chi connectivity index (χ0n) is 12.1. The lowest BCUT2D eigenvalue weighted by atomic mass is 9.89. The lowest BCUT2D eigenvalue weighted by Gasteiger charge is -2.23. The molecule has 0 fully saturated rings. The number of nitrogens with one attached hydrogen (secondary N) is 1. The van der Waals surface area contributed by atoms with Crippen molar-refractivity contribution in [1.82, 2.24) is 0 Å². The largest absolute Gasteiger partial charge is 0.478 e. The van der Waals surface area contributed by atoms with Gasteiger partial charge in [0.05, 0.1) is 11.3 Å². The molecule has 0 atom stereocenters. The average molecular weight is 263 g/mol. The smallest absolute Gasteiger partial charge is 0.337 e. The van der Waals surface area contributed by atoms with E-state index in [1.807, 2.05) is 33.8 Å². The SMILES string of the molecule is CCC(C)(C)C(=O)Nc1c(C)cc(C)cc1C(=O)O. The van der Waals surface area contributed by atoms with Crippen molar-refractivity contribution in [2.75, 3.05) is 5.32 Å². The van der Waals surface area contributed by atoms with Gasteiger partial charge < -0.3 is 10.4 Å². The maximum atomic E-state index is 12.2. The van der Waals surface area contributed by atoms with Gasteiger partial charge >= 0.3 is 5.97 Å². The third-order valence-corrected chi connectivity index (χ3v) is 3.45. The van der Waals surface area contributed by atoms with E-state index < -0.39 is 11.4 Å². The van der Waals surface area contributed by atoms with Crippen LogP contribution in [-0.2, 0) is 4.79 Å². The molecule has 4 heteroatoms. The van der Waals surface area contributed by atoms with E-state index >= 15 is 0 Å². The Kier molecular flexibility index (Phi) is 4.35. The van der Waals surface area contributed by atoms with Crippen molar-refractivity contribution < 1.29 is 14.7 Å². The average Bonchev–Trinajstić information content (AvgIpc) is 2.31. The van der Waals surface area contributed by atoms with E-state index in [4.69, 9.17) is 0 Å². The molecule has 0 saturated carbocycles. The van der Waals surface area contributed by atoms with E-state index in [9.17, 15) is 14.7 Å². The van der Waals surface area contributed by atoms with Crippen LogP contribution in [0.4, 0.5) is 5.69 Å². The van der Waals surface area contributed by atoms with Crippen LogP contribution in [-0.4, -0.2) is 17.0 Å². The van der Waals surface area contributed by atoms with Crippen molar-refractivity contribution in [3.8, 4) is 0 Å². The van der Waals surface area contributed by atoms with Gasteiger partial charge in [0.1, 0.15) is 0 Å².